The number of nitrogens with one attached hydrogen (secondary N) is 2. The van der Waals surface area contributed by atoms with E-state index in [-0.39, 0.29) is 0 Å². The maximum Gasteiger partial charge on any atom is 0.225 e. The van der Waals surface area contributed by atoms with Crippen LogP contribution in [0.3, 0.4) is 0 Å². The summed E-state index contributed by atoms with van der Waals surface area (Å²) in [7, 11) is 0. The van der Waals surface area contributed by atoms with E-state index in [1.807, 2.05) is 25.1 Å². The molecule has 4 nitrogen and oxygen atoms in total. The van der Waals surface area contributed by atoms with Gasteiger partial charge in [0, 0.05) is 28.7 Å². The summed E-state index contributed by atoms with van der Waals surface area (Å²) in [5.74, 6) is 2.22. The molecule has 2 N–H and O–H groups in total. The fraction of sp³-hybridized carbons (Fsp3) is 0.474. The highest BCUT2D eigenvalue weighted by atomic mass is 35.5. The van der Waals surface area contributed by atoms with Crippen LogP contribution < -0.4 is 10.6 Å². The summed E-state index contributed by atoms with van der Waals surface area (Å²) in [6, 6.07) is 8.55. The smallest absolute Gasteiger partial charge is 0.225 e. The second-order valence-corrected chi connectivity index (χ2v) is 7.40. The van der Waals surface area contributed by atoms with E-state index in [4.69, 9.17) is 16.6 Å². The van der Waals surface area contributed by atoms with E-state index in [2.05, 4.69) is 21.7 Å². The number of halogens is 1. The van der Waals surface area contributed by atoms with Crippen LogP contribution in [-0.2, 0) is 0 Å². The van der Waals surface area contributed by atoms with Gasteiger partial charge in [-0.3, -0.25) is 0 Å². The molecule has 2 aliphatic rings. The number of rotatable bonds is 5. The SMILES string of the molecule is Cc1cc(Nc2cc(C3CC3)nc(NC3CCCC3)n2)ccc1Cl. The Kier molecular flexibility index (Phi) is 4.31. The summed E-state index contributed by atoms with van der Waals surface area (Å²) >= 11 is 6.12. The van der Waals surface area contributed by atoms with Gasteiger partial charge < -0.3 is 10.6 Å². The zero-order valence-corrected chi connectivity index (χ0v) is 14.7. The van der Waals surface area contributed by atoms with Crippen molar-refractivity contribution in [3.63, 3.8) is 0 Å². The molecule has 24 heavy (non-hydrogen) atoms. The van der Waals surface area contributed by atoms with Gasteiger partial charge in [0.25, 0.3) is 0 Å². The maximum absolute atomic E-state index is 6.12. The first-order valence-electron chi connectivity index (χ1n) is 8.86. The molecule has 5 heteroatoms. The molecule has 0 radical (unpaired) electrons. The second kappa shape index (κ2) is 6.60. The van der Waals surface area contributed by atoms with Gasteiger partial charge in [0.15, 0.2) is 0 Å². The molecule has 0 saturated heterocycles. The van der Waals surface area contributed by atoms with Gasteiger partial charge in [0.1, 0.15) is 5.82 Å². The van der Waals surface area contributed by atoms with Crippen LogP contribution in [0, 0.1) is 6.92 Å². The Hall–Kier alpha value is -1.81. The second-order valence-electron chi connectivity index (χ2n) is 6.99. The molecule has 2 aliphatic carbocycles. The minimum atomic E-state index is 0.519. The molecule has 0 unspecified atom stereocenters. The Morgan fingerprint density at radius 3 is 2.54 bits per heavy atom. The zero-order valence-electron chi connectivity index (χ0n) is 14.0. The first-order chi connectivity index (χ1) is 11.7. The number of aryl methyl sites for hydroxylation is 1. The van der Waals surface area contributed by atoms with Crippen molar-refractivity contribution < 1.29 is 0 Å². The van der Waals surface area contributed by atoms with E-state index in [1.54, 1.807) is 0 Å². The highest BCUT2D eigenvalue weighted by Crippen LogP contribution is 2.40. The van der Waals surface area contributed by atoms with E-state index in [0.29, 0.717) is 12.0 Å². The van der Waals surface area contributed by atoms with Crippen LogP contribution in [0.2, 0.25) is 5.02 Å². The average Bonchev–Trinajstić information content (AvgIpc) is 3.29. The predicted octanol–water partition coefficient (Wildman–Crippen LogP) is 5.41. The van der Waals surface area contributed by atoms with Gasteiger partial charge in [0.05, 0.1) is 5.69 Å². The van der Waals surface area contributed by atoms with E-state index < -0.39 is 0 Å². The summed E-state index contributed by atoms with van der Waals surface area (Å²) in [6.45, 7) is 2.01. The molecule has 0 atom stereocenters. The van der Waals surface area contributed by atoms with Gasteiger partial charge in [-0.2, -0.15) is 4.98 Å². The van der Waals surface area contributed by atoms with Gasteiger partial charge in [-0.25, -0.2) is 4.98 Å². The van der Waals surface area contributed by atoms with Crippen molar-refractivity contribution in [2.24, 2.45) is 0 Å². The molecule has 2 fully saturated rings. The van der Waals surface area contributed by atoms with E-state index in [9.17, 15) is 0 Å². The number of anilines is 3. The lowest BCUT2D eigenvalue weighted by atomic mass is 10.2. The quantitative estimate of drug-likeness (QED) is 0.762. The third-order valence-electron chi connectivity index (χ3n) is 4.86. The summed E-state index contributed by atoms with van der Waals surface area (Å²) in [6.07, 6.45) is 7.51. The number of hydrogen-bond acceptors (Lipinski definition) is 4. The van der Waals surface area contributed by atoms with Crippen molar-refractivity contribution in [2.45, 2.75) is 57.4 Å². The van der Waals surface area contributed by atoms with Crippen molar-refractivity contribution in [2.75, 3.05) is 10.6 Å². The molecule has 1 heterocycles. The molecular weight excluding hydrogens is 320 g/mol. The molecule has 2 saturated carbocycles. The molecule has 126 valence electrons. The number of nitrogens with zero attached hydrogens (tertiary/aromatic N) is 2. The lowest BCUT2D eigenvalue weighted by Crippen LogP contribution is -2.17. The predicted molar refractivity (Wildman–Crippen MR) is 99.4 cm³/mol. The van der Waals surface area contributed by atoms with Gasteiger partial charge in [0.2, 0.25) is 5.95 Å². The standard InChI is InChI=1S/C19H23ClN4/c1-12-10-15(8-9-16(12)20)21-18-11-17(13-6-7-13)23-19(24-18)22-14-4-2-3-5-14/h8-11,13-14H,2-7H2,1H3,(H2,21,22,23,24). The van der Waals surface area contributed by atoms with Gasteiger partial charge in [-0.05, 0) is 56.4 Å². The molecule has 4 rings (SSSR count). The van der Waals surface area contributed by atoms with E-state index in [1.165, 1.54) is 38.5 Å². The molecule has 1 aromatic carbocycles. The fourth-order valence-electron chi connectivity index (χ4n) is 3.31. The van der Waals surface area contributed by atoms with Crippen LogP contribution in [0.5, 0.6) is 0 Å². The molecule has 1 aromatic heterocycles. The first-order valence-corrected chi connectivity index (χ1v) is 9.24. The van der Waals surface area contributed by atoms with Crippen LogP contribution in [0.4, 0.5) is 17.5 Å². The van der Waals surface area contributed by atoms with Crippen molar-refractivity contribution in [3.8, 4) is 0 Å². The lowest BCUT2D eigenvalue weighted by Gasteiger charge is -2.15. The Morgan fingerprint density at radius 1 is 1.04 bits per heavy atom. The van der Waals surface area contributed by atoms with Crippen LogP contribution in [-0.4, -0.2) is 16.0 Å². The maximum atomic E-state index is 6.12. The third-order valence-corrected chi connectivity index (χ3v) is 5.28. The molecule has 2 aromatic rings. The molecular formula is C19H23ClN4. The van der Waals surface area contributed by atoms with Crippen molar-refractivity contribution in [1.29, 1.82) is 0 Å². The largest absolute Gasteiger partial charge is 0.351 e. The summed E-state index contributed by atoms with van der Waals surface area (Å²) < 4.78 is 0. The molecule has 0 amide bonds. The lowest BCUT2D eigenvalue weighted by molar-refractivity contribution is 0.742. The third kappa shape index (κ3) is 3.64. The van der Waals surface area contributed by atoms with Gasteiger partial charge in [-0.15, -0.1) is 0 Å². The zero-order chi connectivity index (χ0) is 16.5. The van der Waals surface area contributed by atoms with Crippen molar-refractivity contribution in [3.05, 3.63) is 40.5 Å². The number of benzene rings is 1. The van der Waals surface area contributed by atoms with Gasteiger partial charge >= 0.3 is 0 Å². The van der Waals surface area contributed by atoms with Crippen LogP contribution in [0.25, 0.3) is 0 Å². The summed E-state index contributed by atoms with van der Waals surface area (Å²) in [4.78, 5) is 9.44. The van der Waals surface area contributed by atoms with Crippen LogP contribution in [0.1, 0.15) is 55.7 Å². The van der Waals surface area contributed by atoms with Crippen LogP contribution in [0.15, 0.2) is 24.3 Å². The topological polar surface area (TPSA) is 49.8 Å². The highest BCUT2D eigenvalue weighted by Gasteiger charge is 2.26. The Balaban J connectivity index is 1.58. The normalized spacial score (nSPS) is 17.9. The Morgan fingerprint density at radius 2 is 1.83 bits per heavy atom. The first kappa shape index (κ1) is 15.7. The summed E-state index contributed by atoms with van der Waals surface area (Å²) in [5.41, 5.74) is 3.21. The van der Waals surface area contributed by atoms with E-state index >= 15 is 0 Å². The van der Waals surface area contributed by atoms with E-state index in [0.717, 1.165) is 33.7 Å². The van der Waals surface area contributed by atoms with Crippen molar-refractivity contribution in [1.82, 2.24) is 9.97 Å². The molecule has 0 bridgehead atoms. The van der Waals surface area contributed by atoms with Crippen molar-refractivity contribution >= 4 is 29.1 Å². The fourth-order valence-corrected chi connectivity index (χ4v) is 3.42. The average molecular weight is 343 g/mol. The number of hydrogen-bond donors (Lipinski definition) is 2. The summed E-state index contributed by atoms with van der Waals surface area (Å²) in [5, 5.41) is 7.72. The minimum Gasteiger partial charge on any atom is -0.351 e. The number of aromatic nitrogens is 2. The van der Waals surface area contributed by atoms with Crippen LogP contribution >= 0.6 is 11.6 Å². The van der Waals surface area contributed by atoms with Gasteiger partial charge in [-0.1, -0.05) is 24.4 Å². The molecule has 0 spiro atoms. The highest BCUT2D eigenvalue weighted by molar-refractivity contribution is 6.31. The monoisotopic (exact) mass is 342 g/mol. The molecule has 0 aliphatic heterocycles. The Labute approximate surface area is 148 Å². The Bertz CT molecular complexity index is 736. The minimum absolute atomic E-state index is 0.519.